The molecule has 0 unspecified atom stereocenters. The van der Waals surface area contributed by atoms with Crippen LogP contribution in [0.5, 0.6) is 0 Å². The van der Waals surface area contributed by atoms with E-state index in [9.17, 15) is 4.79 Å². The van der Waals surface area contributed by atoms with Crippen molar-refractivity contribution in [1.29, 1.82) is 0 Å². The molecule has 1 aromatic carbocycles. The highest BCUT2D eigenvalue weighted by molar-refractivity contribution is 5.91. The second kappa shape index (κ2) is 6.45. The topological polar surface area (TPSA) is 66.9 Å². The third-order valence-corrected chi connectivity index (χ3v) is 3.38. The number of amides is 1. The van der Waals surface area contributed by atoms with E-state index >= 15 is 0 Å². The molecule has 1 aliphatic rings. The maximum atomic E-state index is 11.7. The Kier molecular flexibility index (Phi) is 4.21. The lowest BCUT2D eigenvalue weighted by Gasteiger charge is -2.06. The van der Waals surface area contributed by atoms with Crippen LogP contribution in [0.3, 0.4) is 0 Å². The summed E-state index contributed by atoms with van der Waals surface area (Å²) in [6.45, 7) is 1.26. The summed E-state index contributed by atoms with van der Waals surface area (Å²) in [5, 5.41) is 5.94. The van der Waals surface area contributed by atoms with Gasteiger partial charge in [0.05, 0.1) is 24.6 Å². The quantitative estimate of drug-likeness (QED) is 0.851. The molecule has 0 bridgehead atoms. The minimum atomic E-state index is -0.0632. The van der Waals surface area contributed by atoms with Gasteiger partial charge in [-0.15, -0.1) is 0 Å². The first-order chi connectivity index (χ1) is 10.3. The summed E-state index contributed by atoms with van der Waals surface area (Å²) in [6, 6.07) is 9.75. The Morgan fingerprint density at radius 2 is 1.86 bits per heavy atom. The largest absolute Gasteiger partial charge is 0.322 e. The van der Waals surface area contributed by atoms with Gasteiger partial charge in [0, 0.05) is 5.56 Å². The summed E-state index contributed by atoms with van der Waals surface area (Å²) in [7, 11) is 0. The molecule has 1 heterocycles. The van der Waals surface area contributed by atoms with Crippen LogP contribution in [0.15, 0.2) is 42.7 Å². The molecule has 1 saturated carbocycles. The van der Waals surface area contributed by atoms with Crippen molar-refractivity contribution in [3.05, 3.63) is 42.7 Å². The van der Waals surface area contributed by atoms with Crippen LogP contribution in [-0.2, 0) is 4.79 Å². The summed E-state index contributed by atoms with van der Waals surface area (Å²) in [6.07, 6.45) is 5.83. The third kappa shape index (κ3) is 4.10. The molecule has 1 fully saturated rings. The van der Waals surface area contributed by atoms with Gasteiger partial charge in [0.15, 0.2) is 5.82 Å². The van der Waals surface area contributed by atoms with Gasteiger partial charge in [-0.05, 0) is 25.3 Å². The van der Waals surface area contributed by atoms with Crippen molar-refractivity contribution >= 4 is 11.6 Å². The van der Waals surface area contributed by atoms with Crippen LogP contribution in [0.1, 0.15) is 12.8 Å². The average Bonchev–Trinajstić information content (AvgIpc) is 3.33. The molecule has 0 saturated heterocycles. The molecule has 21 heavy (non-hydrogen) atoms. The Morgan fingerprint density at radius 1 is 1.14 bits per heavy atom. The molecule has 0 aliphatic heterocycles. The van der Waals surface area contributed by atoms with Crippen molar-refractivity contribution in [2.75, 3.05) is 18.4 Å². The first-order valence-corrected chi connectivity index (χ1v) is 7.19. The van der Waals surface area contributed by atoms with Gasteiger partial charge in [-0.3, -0.25) is 4.79 Å². The summed E-state index contributed by atoms with van der Waals surface area (Å²) >= 11 is 0. The smallest absolute Gasteiger partial charge is 0.238 e. The van der Waals surface area contributed by atoms with Crippen molar-refractivity contribution in [1.82, 2.24) is 15.3 Å². The molecule has 0 spiro atoms. The SMILES string of the molecule is O=C(CNCC1CC1)Nc1cnc(-c2ccccc2)nc1. The summed E-state index contributed by atoms with van der Waals surface area (Å²) in [5.41, 5.74) is 1.58. The van der Waals surface area contributed by atoms with E-state index in [0.717, 1.165) is 18.0 Å². The van der Waals surface area contributed by atoms with E-state index in [0.29, 0.717) is 18.1 Å². The Morgan fingerprint density at radius 3 is 2.52 bits per heavy atom. The van der Waals surface area contributed by atoms with Crippen LogP contribution in [0.4, 0.5) is 5.69 Å². The number of aromatic nitrogens is 2. The molecule has 2 aromatic rings. The van der Waals surface area contributed by atoms with Gasteiger partial charge >= 0.3 is 0 Å². The first-order valence-electron chi connectivity index (χ1n) is 7.19. The summed E-state index contributed by atoms with van der Waals surface area (Å²) in [4.78, 5) is 20.3. The maximum Gasteiger partial charge on any atom is 0.238 e. The Hall–Kier alpha value is -2.27. The van der Waals surface area contributed by atoms with Gasteiger partial charge in [0.1, 0.15) is 0 Å². The Labute approximate surface area is 123 Å². The predicted molar refractivity (Wildman–Crippen MR) is 81.7 cm³/mol. The highest BCUT2D eigenvalue weighted by Gasteiger charge is 2.20. The lowest BCUT2D eigenvalue weighted by molar-refractivity contribution is -0.115. The molecule has 2 N–H and O–H groups in total. The van der Waals surface area contributed by atoms with Crippen LogP contribution < -0.4 is 10.6 Å². The van der Waals surface area contributed by atoms with Gasteiger partial charge in [-0.1, -0.05) is 30.3 Å². The fourth-order valence-electron chi connectivity index (χ4n) is 2.05. The van der Waals surface area contributed by atoms with E-state index in [4.69, 9.17) is 0 Å². The van der Waals surface area contributed by atoms with Gasteiger partial charge in [-0.2, -0.15) is 0 Å². The van der Waals surface area contributed by atoms with Gasteiger partial charge in [0.25, 0.3) is 0 Å². The van der Waals surface area contributed by atoms with Crippen molar-refractivity contribution < 1.29 is 4.79 Å². The molecule has 5 heteroatoms. The monoisotopic (exact) mass is 282 g/mol. The van der Waals surface area contributed by atoms with Crippen LogP contribution in [0, 0.1) is 5.92 Å². The lowest BCUT2D eigenvalue weighted by atomic mass is 10.2. The number of rotatable bonds is 6. The number of hydrogen-bond acceptors (Lipinski definition) is 4. The van der Waals surface area contributed by atoms with Gasteiger partial charge in [-0.25, -0.2) is 9.97 Å². The van der Waals surface area contributed by atoms with Gasteiger partial charge < -0.3 is 10.6 Å². The molecule has 1 aromatic heterocycles. The Bertz CT molecular complexity index is 593. The van der Waals surface area contributed by atoms with Crippen LogP contribution in [-0.4, -0.2) is 29.0 Å². The second-order valence-corrected chi connectivity index (χ2v) is 5.28. The number of carbonyl (C=O) groups is 1. The number of carbonyl (C=O) groups excluding carboxylic acids is 1. The number of nitrogens with one attached hydrogen (secondary N) is 2. The maximum absolute atomic E-state index is 11.7. The fourth-order valence-corrected chi connectivity index (χ4v) is 2.05. The molecular formula is C16H18N4O. The van der Waals surface area contributed by atoms with Crippen molar-refractivity contribution in [3.8, 4) is 11.4 Å². The molecule has 0 radical (unpaired) electrons. The minimum Gasteiger partial charge on any atom is -0.322 e. The van der Waals surface area contributed by atoms with E-state index in [1.165, 1.54) is 12.8 Å². The number of hydrogen-bond donors (Lipinski definition) is 2. The van der Waals surface area contributed by atoms with E-state index in [1.807, 2.05) is 30.3 Å². The standard InChI is InChI=1S/C16H18N4O/c21-15(11-17-8-12-6-7-12)20-14-9-18-16(19-10-14)13-4-2-1-3-5-13/h1-5,9-10,12,17H,6-8,11H2,(H,20,21). The molecule has 5 nitrogen and oxygen atoms in total. The number of benzene rings is 1. The zero-order chi connectivity index (χ0) is 14.5. The first kappa shape index (κ1) is 13.7. The highest BCUT2D eigenvalue weighted by Crippen LogP contribution is 2.27. The van der Waals surface area contributed by atoms with Crippen LogP contribution >= 0.6 is 0 Å². The lowest BCUT2D eigenvalue weighted by Crippen LogP contribution is -2.29. The molecular weight excluding hydrogens is 264 g/mol. The summed E-state index contributed by atoms with van der Waals surface area (Å²) < 4.78 is 0. The minimum absolute atomic E-state index is 0.0632. The van der Waals surface area contributed by atoms with Crippen LogP contribution in [0.25, 0.3) is 11.4 Å². The zero-order valence-electron chi connectivity index (χ0n) is 11.7. The van der Waals surface area contributed by atoms with Crippen molar-refractivity contribution in [2.24, 2.45) is 5.92 Å². The zero-order valence-corrected chi connectivity index (χ0v) is 11.7. The second-order valence-electron chi connectivity index (χ2n) is 5.28. The fraction of sp³-hybridized carbons (Fsp3) is 0.312. The third-order valence-electron chi connectivity index (χ3n) is 3.38. The van der Waals surface area contributed by atoms with Crippen molar-refractivity contribution in [2.45, 2.75) is 12.8 Å². The highest BCUT2D eigenvalue weighted by atomic mass is 16.1. The predicted octanol–water partition coefficient (Wildman–Crippen LogP) is 2.08. The van der Waals surface area contributed by atoms with E-state index in [-0.39, 0.29) is 5.91 Å². The average molecular weight is 282 g/mol. The van der Waals surface area contributed by atoms with Gasteiger partial charge in [0.2, 0.25) is 5.91 Å². The van der Waals surface area contributed by atoms with Crippen LogP contribution in [0.2, 0.25) is 0 Å². The number of anilines is 1. The normalized spacial score (nSPS) is 13.9. The number of nitrogens with zero attached hydrogens (tertiary/aromatic N) is 2. The molecule has 3 rings (SSSR count). The molecule has 1 aliphatic carbocycles. The molecule has 108 valence electrons. The van der Waals surface area contributed by atoms with E-state index in [2.05, 4.69) is 20.6 Å². The van der Waals surface area contributed by atoms with E-state index in [1.54, 1.807) is 12.4 Å². The summed E-state index contributed by atoms with van der Waals surface area (Å²) in [5.74, 6) is 1.36. The Balaban J connectivity index is 1.52. The molecule has 1 amide bonds. The molecule has 0 atom stereocenters. The van der Waals surface area contributed by atoms with Crippen molar-refractivity contribution in [3.63, 3.8) is 0 Å². The van der Waals surface area contributed by atoms with E-state index < -0.39 is 0 Å².